The standard InChI is InChI=1S/C20H21NO5S/c1-26-20(23)18-10-6-5-9-17(18)19(22)21-13-11-16(12-14-21)27(24,25)15-7-3-2-4-8-15/h2-10,16H,11-14H2,1H3. The summed E-state index contributed by atoms with van der Waals surface area (Å²) in [6.45, 7) is 0.649. The van der Waals surface area contributed by atoms with E-state index in [9.17, 15) is 18.0 Å². The Labute approximate surface area is 158 Å². The highest BCUT2D eigenvalue weighted by molar-refractivity contribution is 7.92. The summed E-state index contributed by atoms with van der Waals surface area (Å²) in [5.74, 6) is -0.855. The van der Waals surface area contributed by atoms with Gasteiger partial charge in [0.25, 0.3) is 5.91 Å². The summed E-state index contributed by atoms with van der Waals surface area (Å²) in [4.78, 5) is 26.6. The fourth-order valence-electron chi connectivity index (χ4n) is 3.30. The van der Waals surface area contributed by atoms with E-state index in [0.717, 1.165) is 0 Å². The summed E-state index contributed by atoms with van der Waals surface area (Å²) in [7, 11) is -2.15. The number of piperidine rings is 1. The van der Waals surface area contributed by atoms with Crippen LogP contribution in [0, 0.1) is 0 Å². The van der Waals surface area contributed by atoms with Crippen molar-refractivity contribution in [3.8, 4) is 0 Å². The molecule has 142 valence electrons. The highest BCUT2D eigenvalue weighted by Gasteiger charge is 2.33. The number of ether oxygens (including phenoxy) is 1. The van der Waals surface area contributed by atoms with Gasteiger partial charge in [0.1, 0.15) is 0 Å². The first kappa shape index (κ1) is 19.1. The molecule has 2 aromatic carbocycles. The molecular weight excluding hydrogens is 366 g/mol. The van der Waals surface area contributed by atoms with Crippen LogP contribution in [0.4, 0.5) is 0 Å². The van der Waals surface area contributed by atoms with E-state index in [1.165, 1.54) is 7.11 Å². The lowest BCUT2D eigenvalue weighted by Gasteiger charge is -2.32. The normalized spacial score (nSPS) is 15.4. The number of carbonyl (C=O) groups is 2. The Morgan fingerprint density at radius 3 is 2.07 bits per heavy atom. The molecule has 27 heavy (non-hydrogen) atoms. The van der Waals surface area contributed by atoms with Crippen molar-refractivity contribution < 1.29 is 22.7 Å². The van der Waals surface area contributed by atoms with E-state index in [4.69, 9.17) is 4.74 Å². The fourth-order valence-corrected chi connectivity index (χ4v) is 5.05. The minimum atomic E-state index is -3.41. The van der Waals surface area contributed by atoms with E-state index in [1.54, 1.807) is 59.5 Å². The third-order valence-corrected chi connectivity index (χ3v) is 7.08. The van der Waals surface area contributed by atoms with Gasteiger partial charge in [0.2, 0.25) is 0 Å². The first-order valence-electron chi connectivity index (χ1n) is 8.70. The molecule has 0 aliphatic carbocycles. The molecule has 0 bridgehead atoms. The molecule has 1 aliphatic rings. The Bertz CT molecular complexity index is 932. The number of carbonyl (C=O) groups excluding carboxylic acids is 2. The van der Waals surface area contributed by atoms with E-state index < -0.39 is 21.1 Å². The second-order valence-corrected chi connectivity index (χ2v) is 8.61. The summed E-state index contributed by atoms with van der Waals surface area (Å²) in [5.41, 5.74) is 0.484. The Morgan fingerprint density at radius 2 is 1.48 bits per heavy atom. The molecule has 0 radical (unpaired) electrons. The lowest BCUT2D eigenvalue weighted by atomic mass is 10.0. The number of esters is 1. The summed E-state index contributed by atoms with van der Waals surface area (Å²) < 4.78 is 30.2. The molecule has 1 aliphatic heterocycles. The van der Waals surface area contributed by atoms with Gasteiger partial charge in [-0.25, -0.2) is 13.2 Å². The number of methoxy groups -OCH3 is 1. The average Bonchev–Trinajstić information content (AvgIpc) is 2.73. The van der Waals surface area contributed by atoms with Crippen molar-refractivity contribution in [2.24, 2.45) is 0 Å². The van der Waals surface area contributed by atoms with Gasteiger partial charge in [0.05, 0.1) is 28.4 Å². The molecule has 0 atom stereocenters. The van der Waals surface area contributed by atoms with Crippen LogP contribution in [0.25, 0.3) is 0 Å². The first-order valence-corrected chi connectivity index (χ1v) is 10.3. The number of sulfone groups is 1. The van der Waals surface area contributed by atoms with Crippen LogP contribution < -0.4 is 0 Å². The molecule has 2 aromatic rings. The predicted octanol–water partition coefficient (Wildman–Crippen LogP) is 2.55. The van der Waals surface area contributed by atoms with Gasteiger partial charge in [-0.1, -0.05) is 30.3 Å². The molecule has 0 N–H and O–H groups in total. The molecule has 1 heterocycles. The van der Waals surface area contributed by atoms with Crippen LogP contribution in [0.15, 0.2) is 59.5 Å². The molecule has 3 rings (SSSR count). The molecule has 6 nitrogen and oxygen atoms in total. The van der Waals surface area contributed by atoms with Gasteiger partial charge in [-0.2, -0.15) is 0 Å². The number of amides is 1. The largest absolute Gasteiger partial charge is 0.465 e. The molecule has 1 fully saturated rings. The van der Waals surface area contributed by atoms with Crippen LogP contribution in [0.2, 0.25) is 0 Å². The van der Waals surface area contributed by atoms with E-state index in [0.29, 0.717) is 30.8 Å². The minimum absolute atomic E-state index is 0.212. The van der Waals surface area contributed by atoms with Crippen molar-refractivity contribution in [3.05, 3.63) is 65.7 Å². The van der Waals surface area contributed by atoms with Crippen LogP contribution >= 0.6 is 0 Å². The molecule has 1 amide bonds. The van der Waals surface area contributed by atoms with Crippen LogP contribution in [-0.4, -0.2) is 50.6 Å². The second-order valence-electron chi connectivity index (χ2n) is 6.39. The van der Waals surface area contributed by atoms with Gasteiger partial charge in [0, 0.05) is 13.1 Å². The quantitative estimate of drug-likeness (QED) is 0.753. The Balaban J connectivity index is 1.73. The van der Waals surface area contributed by atoms with Crippen molar-refractivity contribution in [3.63, 3.8) is 0 Å². The van der Waals surface area contributed by atoms with E-state index in [1.807, 2.05) is 0 Å². The molecule has 1 saturated heterocycles. The number of likely N-dealkylation sites (tertiary alicyclic amines) is 1. The first-order chi connectivity index (χ1) is 12.9. The maximum atomic E-state index is 12.8. The predicted molar refractivity (Wildman–Crippen MR) is 100 cm³/mol. The molecular formula is C20H21NO5S. The number of benzene rings is 2. The van der Waals surface area contributed by atoms with Gasteiger partial charge in [-0.3, -0.25) is 4.79 Å². The molecule has 0 saturated carbocycles. The topological polar surface area (TPSA) is 80.8 Å². The zero-order valence-electron chi connectivity index (χ0n) is 15.0. The summed E-state index contributed by atoms with van der Waals surface area (Å²) in [6.07, 6.45) is 0.729. The zero-order chi connectivity index (χ0) is 19.4. The van der Waals surface area contributed by atoms with E-state index in [2.05, 4.69) is 0 Å². The Kier molecular flexibility index (Phi) is 5.60. The number of hydrogen-bond acceptors (Lipinski definition) is 5. The summed E-state index contributed by atoms with van der Waals surface area (Å²) in [5, 5.41) is -0.514. The Hall–Kier alpha value is -2.67. The van der Waals surface area contributed by atoms with Crippen molar-refractivity contribution in [2.45, 2.75) is 23.0 Å². The molecule has 0 spiro atoms. The summed E-state index contributed by atoms with van der Waals surface area (Å²) in [6, 6.07) is 14.9. The zero-order valence-corrected chi connectivity index (χ0v) is 15.8. The van der Waals surface area contributed by atoms with Crippen LogP contribution in [0.3, 0.4) is 0 Å². The lowest BCUT2D eigenvalue weighted by Crippen LogP contribution is -2.42. The maximum absolute atomic E-state index is 12.8. The summed E-state index contributed by atoms with van der Waals surface area (Å²) >= 11 is 0. The van der Waals surface area contributed by atoms with Crippen LogP contribution in [-0.2, 0) is 14.6 Å². The average molecular weight is 387 g/mol. The van der Waals surface area contributed by atoms with E-state index in [-0.39, 0.29) is 17.0 Å². The van der Waals surface area contributed by atoms with E-state index >= 15 is 0 Å². The van der Waals surface area contributed by atoms with Gasteiger partial charge in [0.15, 0.2) is 9.84 Å². The molecule has 0 unspecified atom stereocenters. The highest BCUT2D eigenvalue weighted by atomic mass is 32.2. The maximum Gasteiger partial charge on any atom is 0.338 e. The van der Waals surface area contributed by atoms with Crippen molar-refractivity contribution >= 4 is 21.7 Å². The fraction of sp³-hybridized carbons (Fsp3) is 0.300. The highest BCUT2D eigenvalue weighted by Crippen LogP contribution is 2.25. The lowest BCUT2D eigenvalue weighted by molar-refractivity contribution is 0.0588. The SMILES string of the molecule is COC(=O)c1ccccc1C(=O)N1CCC(S(=O)(=O)c2ccccc2)CC1. The van der Waals surface area contributed by atoms with Gasteiger partial charge in [-0.05, 0) is 37.1 Å². The number of nitrogens with zero attached hydrogens (tertiary/aromatic N) is 1. The van der Waals surface area contributed by atoms with Crippen LogP contribution in [0.1, 0.15) is 33.6 Å². The number of hydrogen-bond donors (Lipinski definition) is 0. The third-order valence-electron chi connectivity index (χ3n) is 4.80. The third kappa shape index (κ3) is 3.88. The smallest absolute Gasteiger partial charge is 0.338 e. The Morgan fingerprint density at radius 1 is 0.926 bits per heavy atom. The van der Waals surface area contributed by atoms with Crippen molar-refractivity contribution in [1.82, 2.24) is 4.90 Å². The second kappa shape index (κ2) is 7.92. The van der Waals surface area contributed by atoms with Gasteiger partial charge < -0.3 is 9.64 Å². The van der Waals surface area contributed by atoms with Gasteiger partial charge >= 0.3 is 5.97 Å². The monoisotopic (exact) mass is 387 g/mol. The van der Waals surface area contributed by atoms with Gasteiger partial charge in [-0.15, -0.1) is 0 Å². The van der Waals surface area contributed by atoms with Crippen molar-refractivity contribution in [2.75, 3.05) is 20.2 Å². The molecule has 7 heteroatoms. The number of rotatable bonds is 4. The minimum Gasteiger partial charge on any atom is -0.465 e. The molecule has 0 aromatic heterocycles. The van der Waals surface area contributed by atoms with Crippen molar-refractivity contribution in [1.29, 1.82) is 0 Å². The van der Waals surface area contributed by atoms with Crippen LogP contribution in [0.5, 0.6) is 0 Å².